The number of esters is 1. The Morgan fingerprint density at radius 1 is 1.10 bits per heavy atom. The average molecular weight is 433 g/mol. The minimum Gasteiger partial charge on any atom is -0.463 e. The zero-order chi connectivity index (χ0) is 21.1. The number of thioether (sulfide) groups is 1. The fraction of sp³-hybridized carbons (Fsp3) is 0.273. The second-order valence-corrected chi connectivity index (χ2v) is 7.74. The van der Waals surface area contributed by atoms with Gasteiger partial charge in [-0.2, -0.15) is 0 Å². The molecule has 0 aliphatic rings. The molecule has 0 aliphatic carbocycles. The van der Waals surface area contributed by atoms with Crippen LogP contribution < -0.4 is 10.5 Å². The van der Waals surface area contributed by atoms with Crippen LogP contribution in [0.2, 0.25) is 5.02 Å². The van der Waals surface area contributed by atoms with Gasteiger partial charge in [0.1, 0.15) is 11.5 Å². The largest absolute Gasteiger partial charge is 0.463 e. The van der Waals surface area contributed by atoms with Gasteiger partial charge in [-0.3, -0.25) is 5.41 Å². The van der Waals surface area contributed by atoms with Gasteiger partial charge in [0.15, 0.2) is 5.17 Å². The quantitative estimate of drug-likeness (QED) is 0.161. The van der Waals surface area contributed by atoms with Gasteiger partial charge < -0.3 is 15.2 Å². The maximum Gasteiger partial charge on any atom is 0.331 e. The van der Waals surface area contributed by atoms with Crippen LogP contribution >= 0.6 is 23.4 Å². The molecular formula is C22H25ClN2O3S. The van der Waals surface area contributed by atoms with E-state index in [1.165, 1.54) is 11.8 Å². The van der Waals surface area contributed by atoms with Gasteiger partial charge in [-0.05, 0) is 73.7 Å². The van der Waals surface area contributed by atoms with E-state index in [0.717, 1.165) is 36.2 Å². The fourth-order valence-corrected chi connectivity index (χ4v) is 3.30. The normalized spacial score (nSPS) is 11.2. The average Bonchev–Trinajstić information content (AvgIpc) is 2.69. The monoisotopic (exact) mass is 432 g/mol. The van der Waals surface area contributed by atoms with Crippen molar-refractivity contribution in [3.8, 4) is 11.5 Å². The second kappa shape index (κ2) is 12.2. The maximum atomic E-state index is 12.0. The summed E-state index contributed by atoms with van der Waals surface area (Å²) < 4.78 is 10.9. The number of hydrogen-bond donors (Lipinski definition) is 2. The van der Waals surface area contributed by atoms with Crippen LogP contribution in [0, 0.1) is 5.41 Å². The Kier molecular flexibility index (Phi) is 9.60. The van der Waals surface area contributed by atoms with Crippen molar-refractivity contribution in [3.63, 3.8) is 0 Å². The lowest BCUT2D eigenvalue weighted by Crippen LogP contribution is -2.04. The number of nitrogens with one attached hydrogen (secondary N) is 1. The molecular weight excluding hydrogens is 408 g/mol. The van der Waals surface area contributed by atoms with Gasteiger partial charge in [-0.15, -0.1) is 0 Å². The van der Waals surface area contributed by atoms with E-state index >= 15 is 0 Å². The van der Waals surface area contributed by atoms with E-state index in [0.29, 0.717) is 23.1 Å². The molecule has 2 aromatic rings. The van der Waals surface area contributed by atoms with Gasteiger partial charge in [-0.25, -0.2) is 4.79 Å². The van der Waals surface area contributed by atoms with E-state index in [-0.39, 0.29) is 11.1 Å². The molecule has 3 N–H and O–H groups in total. The molecule has 29 heavy (non-hydrogen) atoms. The summed E-state index contributed by atoms with van der Waals surface area (Å²) in [6, 6.07) is 14.8. The molecule has 7 heteroatoms. The lowest BCUT2D eigenvalue weighted by Gasteiger charge is -2.10. The van der Waals surface area contributed by atoms with Crippen molar-refractivity contribution in [2.75, 3.05) is 12.4 Å². The number of unbranched alkanes of at least 4 members (excludes halogenated alkanes) is 1. The van der Waals surface area contributed by atoms with Gasteiger partial charge >= 0.3 is 5.97 Å². The van der Waals surface area contributed by atoms with E-state index in [4.69, 9.17) is 32.2 Å². The van der Waals surface area contributed by atoms with Crippen LogP contribution in [0.5, 0.6) is 11.5 Å². The van der Waals surface area contributed by atoms with Gasteiger partial charge in [0, 0.05) is 16.9 Å². The molecule has 0 spiro atoms. The Bertz CT molecular complexity index is 836. The third-order valence-electron chi connectivity index (χ3n) is 3.95. The number of benzene rings is 2. The summed E-state index contributed by atoms with van der Waals surface area (Å²) in [4.78, 5) is 12.0. The van der Waals surface area contributed by atoms with Crippen molar-refractivity contribution in [1.29, 1.82) is 5.41 Å². The van der Waals surface area contributed by atoms with Crippen molar-refractivity contribution in [2.24, 2.45) is 5.73 Å². The minimum absolute atomic E-state index is 0.128. The highest BCUT2D eigenvalue weighted by Crippen LogP contribution is 2.27. The number of halogens is 1. The summed E-state index contributed by atoms with van der Waals surface area (Å²) >= 11 is 7.22. The second-order valence-electron chi connectivity index (χ2n) is 6.17. The Morgan fingerprint density at radius 3 is 2.31 bits per heavy atom. The standard InChI is InChI=1S/C22H25ClN2O3S/c1-2-27-21(26)15-17(5-3-4-14-29-22(24)25)16-6-10-19(11-7-16)28-20-12-8-18(23)9-13-20/h6-13,15H,2-5,14H2,1H3,(H3,24,25)/b17-15-. The molecule has 0 heterocycles. The van der Waals surface area contributed by atoms with Crippen LogP contribution in [-0.4, -0.2) is 23.5 Å². The van der Waals surface area contributed by atoms with Crippen molar-refractivity contribution in [1.82, 2.24) is 0 Å². The van der Waals surface area contributed by atoms with Gasteiger partial charge in [0.25, 0.3) is 0 Å². The summed E-state index contributed by atoms with van der Waals surface area (Å²) in [7, 11) is 0. The highest BCUT2D eigenvalue weighted by atomic mass is 35.5. The molecule has 0 aromatic heterocycles. The number of carbonyl (C=O) groups is 1. The van der Waals surface area contributed by atoms with E-state index in [2.05, 4.69) is 0 Å². The molecule has 5 nitrogen and oxygen atoms in total. The first-order chi connectivity index (χ1) is 14.0. The van der Waals surface area contributed by atoms with E-state index in [1.807, 2.05) is 24.3 Å². The molecule has 2 rings (SSSR count). The fourth-order valence-electron chi connectivity index (χ4n) is 2.60. The molecule has 0 saturated heterocycles. The minimum atomic E-state index is -0.345. The third-order valence-corrected chi connectivity index (χ3v) is 5.01. The van der Waals surface area contributed by atoms with Crippen LogP contribution in [0.1, 0.15) is 31.7 Å². The molecule has 0 bridgehead atoms. The number of hydrogen-bond acceptors (Lipinski definition) is 5. The van der Waals surface area contributed by atoms with Gasteiger partial charge in [-0.1, -0.05) is 35.5 Å². The maximum absolute atomic E-state index is 12.0. The summed E-state index contributed by atoms with van der Waals surface area (Å²) in [6.07, 6.45) is 4.07. The number of allylic oxidation sites excluding steroid dienone is 1. The van der Waals surface area contributed by atoms with Crippen molar-refractivity contribution in [3.05, 3.63) is 65.2 Å². The number of carbonyl (C=O) groups excluding carboxylic acids is 1. The molecule has 0 amide bonds. The molecule has 154 valence electrons. The summed E-state index contributed by atoms with van der Waals surface area (Å²) in [5.74, 6) is 1.84. The zero-order valence-corrected chi connectivity index (χ0v) is 17.9. The van der Waals surface area contributed by atoms with Crippen LogP contribution in [0.4, 0.5) is 0 Å². The molecule has 0 saturated carbocycles. The first-order valence-corrected chi connectivity index (χ1v) is 10.7. The molecule has 0 atom stereocenters. The Hall–Kier alpha value is -2.44. The Balaban J connectivity index is 2.05. The number of ether oxygens (including phenoxy) is 2. The van der Waals surface area contributed by atoms with Crippen molar-refractivity contribution >= 4 is 40.1 Å². The van der Waals surface area contributed by atoms with E-state index in [1.54, 1.807) is 37.3 Å². The van der Waals surface area contributed by atoms with Crippen molar-refractivity contribution < 1.29 is 14.3 Å². The number of nitrogens with two attached hydrogens (primary N) is 1. The summed E-state index contributed by atoms with van der Waals surface area (Å²) in [5.41, 5.74) is 7.21. The summed E-state index contributed by atoms with van der Waals surface area (Å²) in [6.45, 7) is 2.12. The highest BCUT2D eigenvalue weighted by molar-refractivity contribution is 8.13. The lowest BCUT2D eigenvalue weighted by atomic mass is 10.00. The molecule has 0 aliphatic heterocycles. The van der Waals surface area contributed by atoms with Gasteiger partial charge in [0.2, 0.25) is 0 Å². The first kappa shape index (κ1) is 22.8. The van der Waals surface area contributed by atoms with Crippen LogP contribution in [0.25, 0.3) is 5.57 Å². The van der Waals surface area contributed by atoms with E-state index < -0.39 is 0 Å². The predicted molar refractivity (Wildman–Crippen MR) is 121 cm³/mol. The number of rotatable bonds is 10. The smallest absolute Gasteiger partial charge is 0.331 e. The lowest BCUT2D eigenvalue weighted by molar-refractivity contribution is -0.137. The molecule has 0 fully saturated rings. The summed E-state index contributed by atoms with van der Waals surface area (Å²) in [5, 5.41) is 8.03. The first-order valence-electron chi connectivity index (χ1n) is 9.36. The third kappa shape index (κ3) is 8.62. The number of amidine groups is 1. The van der Waals surface area contributed by atoms with E-state index in [9.17, 15) is 4.79 Å². The Labute approximate surface area is 180 Å². The predicted octanol–water partition coefficient (Wildman–Crippen LogP) is 5.88. The van der Waals surface area contributed by atoms with Crippen LogP contribution in [-0.2, 0) is 9.53 Å². The topological polar surface area (TPSA) is 85.4 Å². The molecule has 0 radical (unpaired) electrons. The van der Waals surface area contributed by atoms with Crippen LogP contribution in [0.15, 0.2) is 54.6 Å². The zero-order valence-electron chi connectivity index (χ0n) is 16.3. The van der Waals surface area contributed by atoms with Gasteiger partial charge in [0.05, 0.1) is 6.61 Å². The molecule has 2 aromatic carbocycles. The van der Waals surface area contributed by atoms with Crippen molar-refractivity contribution in [2.45, 2.75) is 26.2 Å². The Morgan fingerprint density at radius 2 is 1.72 bits per heavy atom. The highest BCUT2D eigenvalue weighted by Gasteiger charge is 2.07. The SMILES string of the molecule is CCOC(=O)/C=C(/CCCCSC(=N)N)c1ccc(Oc2ccc(Cl)cc2)cc1. The molecule has 0 unspecified atom stereocenters. The van der Waals surface area contributed by atoms with Crippen LogP contribution in [0.3, 0.4) is 0 Å².